The molecule has 1 N–H and O–H groups in total. The van der Waals surface area contributed by atoms with Crippen LogP contribution in [0.4, 0.5) is 0 Å². The minimum atomic E-state index is 0.0307. The Hall–Kier alpha value is -1.92. The predicted octanol–water partition coefficient (Wildman–Crippen LogP) is 4.59. The number of thioether (sulfide) groups is 1. The molecule has 4 rings (SSSR count). The van der Waals surface area contributed by atoms with Crippen LogP contribution in [-0.2, 0) is 11.3 Å². The Morgan fingerprint density at radius 2 is 2.00 bits per heavy atom. The van der Waals surface area contributed by atoms with Crippen molar-refractivity contribution >= 4 is 39.2 Å². The fraction of sp³-hybridized carbons (Fsp3) is 0.350. The van der Waals surface area contributed by atoms with Crippen LogP contribution < -0.4 is 5.32 Å². The first-order chi connectivity index (χ1) is 12.6. The van der Waals surface area contributed by atoms with Crippen LogP contribution in [0.2, 0.25) is 0 Å². The van der Waals surface area contributed by atoms with Crippen molar-refractivity contribution in [2.45, 2.75) is 44.2 Å². The van der Waals surface area contributed by atoms with Gasteiger partial charge in [-0.2, -0.15) is 0 Å². The number of nitrogens with zero attached hydrogens (tertiary/aromatic N) is 2. The molecular formula is C20H21N3OS2. The molecule has 0 aliphatic heterocycles. The van der Waals surface area contributed by atoms with Gasteiger partial charge in [0.1, 0.15) is 15.7 Å². The average molecular weight is 384 g/mol. The van der Waals surface area contributed by atoms with E-state index in [0.717, 1.165) is 26.6 Å². The second-order valence-corrected chi connectivity index (χ2v) is 8.84. The zero-order valence-corrected chi connectivity index (χ0v) is 16.5. The summed E-state index contributed by atoms with van der Waals surface area (Å²) in [6.07, 6.45) is 2.35. The number of nitrogens with one attached hydrogen (secondary N) is 1. The summed E-state index contributed by atoms with van der Waals surface area (Å²) in [6, 6.07) is 9.97. The number of carbonyl (C=O) groups is 1. The number of benzene rings is 1. The van der Waals surface area contributed by atoms with Gasteiger partial charge in [0, 0.05) is 22.7 Å². The molecular weight excluding hydrogens is 362 g/mol. The van der Waals surface area contributed by atoms with Gasteiger partial charge >= 0.3 is 0 Å². The van der Waals surface area contributed by atoms with E-state index < -0.39 is 0 Å². The lowest BCUT2D eigenvalue weighted by molar-refractivity contribution is -0.118. The minimum Gasteiger partial charge on any atom is -0.351 e. The lowest BCUT2D eigenvalue weighted by atomic mass is 10.2. The molecule has 0 bridgehead atoms. The Balaban J connectivity index is 1.48. The molecule has 1 aromatic carbocycles. The van der Waals surface area contributed by atoms with Crippen LogP contribution in [0.25, 0.3) is 10.2 Å². The fourth-order valence-corrected chi connectivity index (χ4v) is 4.86. The zero-order chi connectivity index (χ0) is 18.1. The number of hydrogen-bond acceptors (Lipinski definition) is 5. The minimum absolute atomic E-state index is 0.0307. The van der Waals surface area contributed by atoms with Gasteiger partial charge in [0.15, 0.2) is 0 Å². The van der Waals surface area contributed by atoms with Gasteiger partial charge in [-0.3, -0.25) is 4.79 Å². The Labute approximate surface area is 161 Å². The molecule has 0 atom stereocenters. The topological polar surface area (TPSA) is 54.9 Å². The van der Waals surface area contributed by atoms with Crippen molar-refractivity contribution in [2.24, 2.45) is 0 Å². The molecule has 26 heavy (non-hydrogen) atoms. The molecule has 3 aromatic rings. The first kappa shape index (κ1) is 17.5. The Kier molecular flexibility index (Phi) is 4.96. The molecule has 0 saturated heterocycles. The standard InChI is InChI=1S/C20H21N3OS2/c1-12-13(2)26-20-17(12)19(22-18(23-20)15-8-9-15)25-11-16(24)21-10-14-6-4-3-5-7-14/h3-7,15H,8-11H2,1-2H3,(H,21,24). The number of fused-ring (bicyclic) bond motifs is 1. The molecule has 0 radical (unpaired) electrons. The molecule has 134 valence electrons. The number of rotatable bonds is 6. The molecule has 4 nitrogen and oxygen atoms in total. The summed E-state index contributed by atoms with van der Waals surface area (Å²) >= 11 is 3.25. The largest absolute Gasteiger partial charge is 0.351 e. The Morgan fingerprint density at radius 3 is 2.73 bits per heavy atom. The van der Waals surface area contributed by atoms with Gasteiger partial charge in [0.2, 0.25) is 5.91 Å². The van der Waals surface area contributed by atoms with E-state index in [9.17, 15) is 4.79 Å². The summed E-state index contributed by atoms with van der Waals surface area (Å²) in [5.74, 6) is 1.86. The predicted molar refractivity (Wildman–Crippen MR) is 108 cm³/mol. The molecule has 1 aliphatic rings. The van der Waals surface area contributed by atoms with Crippen molar-refractivity contribution < 1.29 is 4.79 Å². The molecule has 1 aliphatic carbocycles. The first-order valence-electron chi connectivity index (χ1n) is 8.83. The highest BCUT2D eigenvalue weighted by atomic mass is 32.2. The van der Waals surface area contributed by atoms with E-state index in [0.29, 0.717) is 18.2 Å². The normalized spacial score (nSPS) is 13.9. The van der Waals surface area contributed by atoms with Gasteiger partial charge in [-0.05, 0) is 37.8 Å². The number of aromatic nitrogens is 2. The third-order valence-corrected chi connectivity index (χ3v) is 6.70. The number of aryl methyl sites for hydroxylation is 2. The molecule has 1 amide bonds. The highest BCUT2D eigenvalue weighted by Crippen LogP contribution is 2.42. The quantitative estimate of drug-likeness (QED) is 0.499. The van der Waals surface area contributed by atoms with Crippen molar-refractivity contribution in [3.05, 3.63) is 52.2 Å². The van der Waals surface area contributed by atoms with E-state index in [4.69, 9.17) is 9.97 Å². The SMILES string of the molecule is Cc1sc2nc(C3CC3)nc(SCC(=O)NCc3ccccc3)c2c1C. The molecule has 1 fully saturated rings. The van der Waals surface area contributed by atoms with E-state index in [-0.39, 0.29) is 5.91 Å². The molecule has 1 saturated carbocycles. The van der Waals surface area contributed by atoms with E-state index in [1.165, 1.54) is 35.0 Å². The highest BCUT2D eigenvalue weighted by molar-refractivity contribution is 8.00. The summed E-state index contributed by atoms with van der Waals surface area (Å²) in [5, 5.41) is 5.06. The van der Waals surface area contributed by atoms with Crippen LogP contribution in [0, 0.1) is 13.8 Å². The average Bonchev–Trinajstić information content (AvgIpc) is 3.46. The Bertz CT molecular complexity index is 949. The lowest BCUT2D eigenvalue weighted by Crippen LogP contribution is -2.24. The van der Waals surface area contributed by atoms with E-state index in [1.54, 1.807) is 11.3 Å². The summed E-state index contributed by atoms with van der Waals surface area (Å²) in [4.78, 5) is 24.2. The highest BCUT2D eigenvalue weighted by Gasteiger charge is 2.28. The van der Waals surface area contributed by atoms with Crippen molar-refractivity contribution in [3.8, 4) is 0 Å². The number of carbonyl (C=O) groups excluding carboxylic acids is 1. The van der Waals surface area contributed by atoms with Crippen LogP contribution in [0.3, 0.4) is 0 Å². The maximum Gasteiger partial charge on any atom is 0.230 e. The van der Waals surface area contributed by atoms with Crippen LogP contribution in [0.15, 0.2) is 35.4 Å². The van der Waals surface area contributed by atoms with Crippen molar-refractivity contribution in [1.29, 1.82) is 0 Å². The smallest absolute Gasteiger partial charge is 0.230 e. The van der Waals surface area contributed by atoms with Crippen molar-refractivity contribution in [2.75, 3.05) is 5.75 Å². The monoisotopic (exact) mass is 383 g/mol. The van der Waals surface area contributed by atoms with Crippen LogP contribution >= 0.6 is 23.1 Å². The summed E-state index contributed by atoms with van der Waals surface area (Å²) in [6.45, 7) is 4.80. The van der Waals surface area contributed by atoms with E-state index in [2.05, 4.69) is 19.2 Å². The van der Waals surface area contributed by atoms with E-state index in [1.807, 2.05) is 30.3 Å². The van der Waals surface area contributed by atoms with Crippen molar-refractivity contribution in [1.82, 2.24) is 15.3 Å². The van der Waals surface area contributed by atoms with Gasteiger partial charge in [-0.1, -0.05) is 42.1 Å². The van der Waals surface area contributed by atoms with Crippen LogP contribution in [0.1, 0.15) is 40.6 Å². The lowest BCUT2D eigenvalue weighted by Gasteiger charge is -2.08. The number of hydrogen-bond donors (Lipinski definition) is 1. The fourth-order valence-electron chi connectivity index (χ4n) is 2.84. The van der Waals surface area contributed by atoms with Crippen LogP contribution in [0.5, 0.6) is 0 Å². The molecule has 2 heterocycles. The number of amides is 1. The van der Waals surface area contributed by atoms with Gasteiger partial charge in [-0.15, -0.1) is 11.3 Å². The van der Waals surface area contributed by atoms with Gasteiger partial charge < -0.3 is 5.32 Å². The zero-order valence-electron chi connectivity index (χ0n) is 14.9. The third-order valence-electron chi connectivity index (χ3n) is 4.63. The first-order valence-corrected chi connectivity index (χ1v) is 10.6. The second kappa shape index (κ2) is 7.37. The van der Waals surface area contributed by atoms with E-state index >= 15 is 0 Å². The third kappa shape index (κ3) is 3.76. The number of thiophene rings is 1. The maximum atomic E-state index is 12.3. The second-order valence-electron chi connectivity index (χ2n) is 6.68. The van der Waals surface area contributed by atoms with Crippen LogP contribution in [-0.4, -0.2) is 21.6 Å². The molecule has 6 heteroatoms. The summed E-state index contributed by atoms with van der Waals surface area (Å²) < 4.78 is 0. The Morgan fingerprint density at radius 1 is 1.23 bits per heavy atom. The molecule has 2 aromatic heterocycles. The molecule has 0 unspecified atom stereocenters. The van der Waals surface area contributed by atoms with Gasteiger partial charge in [0.25, 0.3) is 0 Å². The summed E-state index contributed by atoms with van der Waals surface area (Å²) in [7, 11) is 0. The molecule has 0 spiro atoms. The maximum absolute atomic E-state index is 12.3. The van der Waals surface area contributed by atoms with Gasteiger partial charge in [-0.25, -0.2) is 9.97 Å². The van der Waals surface area contributed by atoms with Gasteiger partial charge in [0.05, 0.1) is 5.75 Å². The summed E-state index contributed by atoms with van der Waals surface area (Å²) in [5.41, 5.74) is 2.34. The van der Waals surface area contributed by atoms with Crippen molar-refractivity contribution in [3.63, 3.8) is 0 Å².